The Labute approximate surface area is 91.5 Å². The maximum atomic E-state index is 8.76. The fourth-order valence-corrected chi connectivity index (χ4v) is 1.40. The van der Waals surface area contributed by atoms with Gasteiger partial charge in [0.25, 0.3) is 0 Å². The molecule has 2 nitrogen and oxygen atoms in total. The van der Waals surface area contributed by atoms with Gasteiger partial charge in [-0.2, -0.15) is 5.26 Å². The summed E-state index contributed by atoms with van der Waals surface area (Å²) in [5, 5.41) is 8.76. The van der Waals surface area contributed by atoms with Gasteiger partial charge in [-0.25, -0.2) is 0 Å². The van der Waals surface area contributed by atoms with Crippen LogP contribution in [0.4, 0.5) is 0 Å². The third-order valence-electron chi connectivity index (χ3n) is 1.94. The summed E-state index contributed by atoms with van der Waals surface area (Å²) in [6.07, 6.45) is 0.262. The van der Waals surface area contributed by atoms with Gasteiger partial charge < -0.3 is 4.74 Å². The van der Waals surface area contributed by atoms with E-state index in [0.29, 0.717) is 6.42 Å². The fourth-order valence-electron chi connectivity index (χ4n) is 1.40. The zero-order valence-electron chi connectivity index (χ0n) is 9.53. The standard InChI is InChI=1S/C13H17NO/c1-13(2,3)15-12(9-10-14)11-7-5-4-6-8-11/h4-8,12H,9H2,1-3H3. The Morgan fingerprint density at radius 2 is 1.87 bits per heavy atom. The van der Waals surface area contributed by atoms with E-state index in [1.807, 2.05) is 51.1 Å². The lowest BCUT2D eigenvalue weighted by Crippen LogP contribution is -2.22. The lowest BCUT2D eigenvalue weighted by Gasteiger charge is -2.26. The van der Waals surface area contributed by atoms with E-state index in [-0.39, 0.29) is 11.7 Å². The van der Waals surface area contributed by atoms with Crippen molar-refractivity contribution in [1.29, 1.82) is 5.26 Å². The molecule has 0 saturated heterocycles. The number of nitriles is 1. The van der Waals surface area contributed by atoms with Crippen LogP contribution in [0.1, 0.15) is 38.9 Å². The molecule has 1 rings (SSSR count). The van der Waals surface area contributed by atoms with Crippen molar-refractivity contribution in [3.05, 3.63) is 35.9 Å². The van der Waals surface area contributed by atoms with Gasteiger partial charge in [0.15, 0.2) is 0 Å². The second-order valence-corrected chi connectivity index (χ2v) is 4.49. The molecule has 0 radical (unpaired) electrons. The third kappa shape index (κ3) is 4.14. The molecule has 0 aliphatic rings. The second kappa shape index (κ2) is 4.95. The third-order valence-corrected chi connectivity index (χ3v) is 1.94. The van der Waals surface area contributed by atoms with Crippen molar-refractivity contribution in [2.24, 2.45) is 0 Å². The molecule has 0 bridgehead atoms. The van der Waals surface area contributed by atoms with Gasteiger partial charge in [0, 0.05) is 0 Å². The highest BCUT2D eigenvalue weighted by Gasteiger charge is 2.19. The molecule has 1 unspecified atom stereocenters. The summed E-state index contributed by atoms with van der Waals surface area (Å²) in [7, 11) is 0. The van der Waals surface area contributed by atoms with Crippen LogP contribution in [0.25, 0.3) is 0 Å². The van der Waals surface area contributed by atoms with Crippen molar-refractivity contribution >= 4 is 0 Å². The largest absolute Gasteiger partial charge is 0.367 e. The SMILES string of the molecule is CC(C)(C)OC(CC#N)c1ccccc1. The molecule has 1 aromatic carbocycles. The lowest BCUT2D eigenvalue weighted by atomic mass is 10.1. The van der Waals surface area contributed by atoms with Crippen LogP contribution in [-0.2, 0) is 4.74 Å². The molecular formula is C13H17NO. The van der Waals surface area contributed by atoms with Crippen molar-refractivity contribution in [1.82, 2.24) is 0 Å². The summed E-state index contributed by atoms with van der Waals surface area (Å²) < 4.78 is 5.84. The van der Waals surface area contributed by atoms with E-state index in [1.165, 1.54) is 0 Å². The summed E-state index contributed by atoms with van der Waals surface area (Å²) in [4.78, 5) is 0. The van der Waals surface area contributed by atoms with Crippen LogP contribution in [0.5, 0.6) is 0 Å². The molecule has 0 aliphatic carbocycles. The molecular weight excluding hydrogens is 186 g/mol. The average Bonchev–Trinajstić information content (AvgIpc) is 2.17. The van der Waals surface area contributed by atoms with E-state index in [1.54, 1.807) is 0 Å². The maximum Gasteiger partial charge on any atom is 0.0961 e. The van der Waals surface area contributed by atoms with E-state index < -0.39 is 0 Å². The molecule has 1 atom stereocenters. The minimum atomic E-state index is -0.225. The molecule has 1 aromatic rings. The Balaban J connectivity index is 2.80. The normalized spacial score (nSPS) is 13.2. The smallest absolute Gasteiger partial charge is 0.0961 e. The Hall–Kier alpha value is -1.33. The lowest BCUT2D eigenvalue weighted by molar-refractivity contribution is -0.0594. The van der Waals surface area contributed by atoms with Crippen LogP contribution >= 0.6 is 0 Å². The molecule has 15 heavy (non-hydrogen) atoms. The molecule has 0 amide bonds. The quantitative estimate of drug-likeness (QED) is 0.753. The highest BCUT2D eigenvalue weighted by Crippen LogP contribution is 2.26. The average molecular weight is 203 g/mol. The van der Waals surface area contributed by atoms with Crippen LogP contribution < -0.4 is 0 Å². The van der Waals surface area contributed by atoms with E-state index in [9.17, 15) is 0 Å². The summed E-state index contributed by atoms with van der Waals surface area (Å²) in [5.41, 5.74) is 0.839. The van der Waals surface area contributed by atoms with Gasteiger partial charge in [0.05, 0.1) is 24.2 Å². The van der Waals surface area contributed by atoms with Crippen LogP contribution in [-0.4, -0.2) is 5.60 Å². The molecule has 0 N–H and O–H groups in total. The van der Waals surface area contributed by atoms with Crippen LogP contribution in [0, 0.1) is 11.3 Å². The van der Waals surface area contributed by atoms with Gasteiger partial charge in [0.2, 0.25) is 0 Å². The molecule has 0 aromatic heterocycles. The van der Waals surface area contributed by atoms with Crippen molar-refractivity contribution in [3.63, 3.8) is 0 Å². The zero-order chi connectivity index (χ0) is 11.3. The highest BCUT2D eigenvalue weighted by molar-refractivity contribution is 5.18. The van der Waals surface area contributed by atoms with E-state index in [2.05, 4.69) is 6.07 Å². The zero-order valence-corrected chi connectivity index (χ0v) is 9.53. The number of hydrogen-bond acceptors (Lipinski definition) is 2. The van der Waals surface area contributed by atoms with Gasteiger partial charge in [-0.3, -0.25) is 0 Å². The molecule has 0 saturated carbocycles. The Bertz CT molecular complexity index is 332. The van der Waals surface area contributed by atoms with Crippen LogP contribution in [0.3, 0.4) is 0 Å². The van der Waals surface area contributed by atoms with E-state index in [0.717, 1.165) is 5.56 Å². The molecule has 0 spiro atoms. The summed E-state index contributed by atoms with van der Waals surface area (Å²) in [6.45, 7) is 6.00. The van der Waals surface area contributed by atoms with Gasteiger partial charge in [-0.15, -0.1) is 0 Å². The second-order valence-electron chi connectivity index (χ2n) is 4.49. The molecule has 0 fully saturated rings. The van der Waals surface area contributed by atoms with Crippen molar-refractivity contribution in [3.8, 4) is 6.07 Å². The van der Waals surface area contributed by atoms with Crippen molar-refractivity contribution in [2.75, 3.05) is 0 Å². The number of ether oxygens (including phenoxy) is 1. The first-order valence-electron chi connectivity index (χ1n) is 5.12. The van der Waals surface area contributed by atoms with Crippen LogP contribution in [0.2, 0.25) is 0 Å². The first-order valence-corrected chi connectivity index (χ1v) is 5.12. The van der Waals surface area contributed by atoms with Gasteiger partial charge in [0.1, 0.15) is 0 Å². The van der Waals surface area contributed by atoms with Gasteiger partial charge in [-0.05, 0) is 26.3 Å². The Kier molecular flexibility index (Phi) is 3.88. The highest BCUT2D eigenvalue weighted by atomic mass is 16.5. The molecule has 0 aliphatic heterocycles. The predicted octanol–water partition coefficient (Wildman–Crippen LogP) is 3.46. The van der Waals surface area contributed by atoms with Crippen LogP contribution in [0.15, 0.2) is 30.3 Å². The maximum absolute atomic E-state index is 8.76. The topological polar surface area (TPSA) is 33.0 Å². The van der Waals surface area contributed by atoms with Gasteiger partial charge >= 0.3 is 0 Å². The minimum Gasteiger partial charge on any atom is -0.367 e. The summed E-state index contributed by atoms with van der Waals surface area (Å²) in [5.74, 6) is 0. The number of nitrogens with zero attached hydrogens (tertiary/aromatic N) is 1. The molecule has 0 heterocycles. The number of benzene rings is 1. The molecule has 80 valence electrons. The Morgan fingerprint density at radius 1 is 1.27 bits per heavy atom. The van der Waals surface area contributed by atoms with Gasteiger partial charge in [-0.1, -0.05) is 30.3 Å². The summed E-state index contributed by atoms with van der Waals surface area (Å²) in [6, 6.07) is 12.0. The van der Waals surface area contributed by atoms with Crippen molar-refractivity contribution in [2.45, 2.75) is 38.9 Å². The first-order chi connectivity index (χ1) is 7.03. The first kappa shape index (κ1) is 11.7. The minimum absolute atomic E-state index is 0.129. The Morgan fingerprint density at radius 3 is 2.33 bits per heavy atom. The number of hydrogen-bond donors (Lipinski definition) is 0. The fraction of sp³-hybridized carbons (Fsp3) is 0.462. The monoisotopic (exact) mass is 203 g/mol. The predicted molar refractivity (Wildman–Crippen MR) is 60.3 cm³/mol. The summed E-state index contributed by atoms with van der Waals surface area (Å²) >= 11 is 0. The van der Waals surface area contributed by atoms with E-state index >= 15 is 0 Å². The van der Waals surface area contributed by atoms with Crippen molar-refractivity contribution < 1.29 is 4.74 Å². The molecule has 2 heteroatoms. The number of rotatable bonds is 3. The van der Waals surface area contributed by atoms with E-state index in [4.69, 9.17) is 10.00 Å².